The molecule has 8 nitrogen and oxygen atoms in total. The van der Waals surface area contributed by atoms with Crippen molar-refractivity contribution in [3.63, 3.8) is 0 Å². The SMILES string of the molecule is O=C(NCCCCn1ccnc1)c1cn(C2CNC2)nn1. The summed E-state index contributed by atoms with van der Waals surface area (Å²) in [6.07, 6.45) is 9.13. The van der Waals surface area contributed by atoms with E-state index in [1.165, 1.54) is 0 Å². The molecule has 112 valence electrons. The summed E-state index contributed by atoms with van der Waals surface area (Å²) in [6, 6.07) is 0.328. The van der Waals surface area contributed by atoms with E-state index in [4.69, 9.17) is 0 Å². The Labute approximate surface area is 122 Å². The number of carbonyl (C=O) groups is 1. The normalized spacial score (nSPS) is 14.9. The predicted octanol–water partition coefficient (Wildman–Crippen LogP) is -0.171. The van der Waals surface area contributed by atoms with Crippen LogP contribution in [0.15, 0.2) is 24.9 Å². The van der Waals surface area contributed by atoms with Gasteiger partial charge in [-0.25, -0.2) is 9.67 Å². The molecule has 0 spiro atoms. The summed E-state index contributed by atoms with van der Waals surface area (Å²) in [5.74, 6) is -0.156. The number of hydrogen-bond acceptors (Lipinski definition) is 5. The monoisotopic (exact) mass is 289 g/mol. The maximum Gasteiger partial charge on any atom is 0.273 e. The topological polar surface area (TPSA) is 89.7 Å². The Morgan fingerprint density at radius 1 is 1.43 bits per heavy atom. The van der Waals surface area contributed by atoms with Crippen molar-refractivity contribution < 1.29 is 4.79 Å². The molecule has 0 unspecified atom stereocenters. The molecule has 3 heterocycles. The van der Waals surface area contributed by atoms with E-state index in [1.54, 1.807) is 23.4 Å². The van der Waals surface area contributed by atoms with Crippen LogP contribution in [0.1, 0.15) is 29.4 Å². The van der Waals surface area contributed by atoms with Gasteiger partial charge in [-0.15, -0.1) is 5.10 Å². The van der Waals surface area contributed by atoms with E-state index >= 15 is 0 Å². The molecule has 1 amide bonds. The molecule has 1 fully saturated rings. The van der Waals surface area contributed by atoms with Gasteiger partial charge in [-0.2, -0.15) is 0 Å². The first-order chi connectivity index (χ1) is 10.3. The lowest BCUT2D eigenvalue weighted by Gasteiger charge is -2.26. The molecular formula is C13H19N7O. The first kappa shape index (κ1) is 13.7. The van der Waals surface area contributed by atoms with Crippen LogP contribution in [0.3, 0.4) is 0 Å². The predicted molar refractivity (Wildman–Crippen MR) is 75.7 cm³/mol. The highest BCUT2D eigenvalue weighted by atomic mass is 16.2. The third kappa shape index (κ3) is 3.46. The van der Waals surface area contributed by atoms with Gasteiger partial charge in [-0.1, -0.05) is 5.21 Å². The van der Waals surface area contributed by atoms with Gasteiger partial charge < -0.3 is 15.2 Å². The molecule has 0 aromatic carbocycles. The van der Waals surface area contributed by atoms with Crippen LogP contribution in [0.2, 0.25) is 0 Å². The minimum Gasteiger partial charge on any atom is -0.351 e. The molecule has 3 rings (SSSR count). The average molecular weight is 289 g/mol. The second kappa shape index (κ2) is 6.49. The average Bonchev–Trinajstić information content (AvgIpc) is 3.07. The Kier molecular flexibility index (Phi) is 4.25. The zero-order valence-electron chi connectivity index (χ0n) is 11.8. The van der Waals surface area contributed by atoms with Crippen molar-refractivity contribution in [2.75, 3.05) is 19.6 Å². The molecule has 8 heteroatoms. The number of amides is 1. The molecule has 0 atom stereocenters. The number of imidazole rings is 1. The van der Waals surface area contributed by atoms with Crippen molar-refractivity contribution in [2.45, 2.75) is 25.4 Å². The quantitative estimate of drug-likeness (QED) is 0.691. The van der Waals surface area contributed by atoms with Gasteiger partial charge in [0.15, 0.2) is 5.69 Å². The molecule has 0 radical (unpaired) electrons. The molecular weight excluding hydrogens is 270 g/mol. The Hall–Kier alpha value is -2.22. The molecule has 2 aromatic rings. The van der Waals surface area contributed by atoms with Crippen molar-refractivity contribution >= 4 is 5.91 Å². The molecule has 2 N–H and O–H groups in total. The van der Waals surface area contributed by atoms with Crippen molar-refractivity contribution in [2.24, 2.45) is 0 Å². The molecule has 2 aromatic heterocycles. The third-order valence-electron chi connectivity index (χ3n) is 3.56. The number of rotatable bonds is 7. The summed E-state index contributed by atoms with van der Waals surface area (Å²) in [5, 5.41) is 13.9. The van der Waals surface area contributed by atoms with Crippen molar-refractivity contribution in [1.82, 2.24) is 35.2 Å². The van der Waals surface area contributed by atoms with Gasteiger partial charge >= 0.3 is 0 Å². The second-order valence-electron chi connectivity index (χ2n) is 5.16. The number of aromatic nitrogens is 5. The number of unbranched alkanes of at least 4 members (excludes halogenated alkanes) is 1. The van der Waals surface area contributed by atoms with E-state index < -0.39 is 0 Å². The molecule has 1 aliphatic rings. The largest absolute Gasteiger partial charge is 0.351 e. The van der Waals surface area contributed by atoms with Crippen molar-refractivity contribution in [1.29, 1.82) is 0 Å². The highest BCUT2D eigenvalue weighted by molar-refractivity contribution is 5.91. The van der Waals surface area contributed by atoms with E-state index in [1.807, 2.05) is 10.8 Å². The van der Waals surface area contributed by atoms with Crippen molar-refractivity contribution in [3.8, 4) is 0 Å². The first-order valence-corrected chi connectivity index (χ1v) is 7.19. The van der Waals surface area contributed by atoms with Crippen molar-refractivity contribution in [3.05, 3.63) is 30.6 Å². The Morgan fingerprint density at radius 2 is 2.33 bits per heavy atom. The Bertz CT molecular complexity index is 573. The van der Waals surface area contributed by atoms with Crippen LogP contribution >= 0.6 is 0 Å². The van der Waals surface area contributed by atoms with Gasteiger partial charge in [0.1, 0.15) is 0 Å². The highest BCUT2D eigenvalue weighted by Crippen LogP contribution is 2.09. The van der Waals surface area contributed by atoms with E-state index in [0.29, 0.717) is 18.3 Å². The minimum absolute atomic E-state index is 0.156. The molecule has 1 aliphatic heterocycles. The highest BCUT2D eigenvalue weighted by Gasteiger charge is 2.21. The van der Waals surface area contributed by atoms with E-state index in [-0.39, 0.29) is 5.91 Å². The van der Waals surface area contributed by atoms with Crippen LogP contribution in [0.25, 0.3) is 0 Å². The maximum absolute atomic E-state index is 11.9. The standard InChI is InChI=1S/C13H19N7O/c21-13(12-9-20(18-17-12)11-7-15-8-11)16-3-1-2-5-19-6-4-14-10-19/h4,6,9-11,15H,1-3,5,7-8H2,(H,16,21). The lowest BCUT2D eigenvalue weighted by molar-refractivity contribution is 0.0947. The maximum atomic E-state index is 11.9. The summed E-state index contributed by atoms with van der Waals surface area (Å²) in [4.78, 5) is 15.9. The summed E-state index contributed by atoms with van der Waals surface area (Å²) in [5.41, 5.74) is 0.386. The number of hydrogen-bond donors (Lipinski definition) is 2. The van der Waals surface area contributed by atoms with Crippen LogP contribution in [-0.4, -0.2) is 50.1 Å². The molecule has 0 bridgehead atoms. The molecule has 0 aliphatic carbocycles. The fourth-order valence-corrected chi connectivity index (χ4v) is 2.15. The van der Waals surface area contributed by atoms with E-state index in [0.717, 1.165) is 32.5 Å². The summed E-state index contributed by atoms with van der Waals surface area (Å²) in [6.45, 7) is 3.34. The van der Waals surface area contributed by atoms with Crippen LogP contribution in [0.5, 0.6) is 0 Å². The third-order valence-corrected chi connectivity index (χ3v) is 3.56. The van der Waals surface area contributed by atoms with Gasteiger partial charge in [0.2, 0.25) is 0 Å². The van der Waals surface area contributed by atoms with Gasteiger partial charge in [0.05, 0.1) is 18.6 Å². The smallest absolute Gasteiger partial charge is 0.273 e. The van der Waals surface area contributed by atoms with Gasteiger partial charge in [-0.3, -0.25) is 4.79 Å². The summed E-state index contributed by atoms with van der Waals surface area (Å²) >= 11 is 0. The molecule has 0 saturated carbocycles. The van der Waals surface area contributed by atoms with Crippen LogP contribution in [0, 0.1) is 0 Å². The Morgan fingerprint density at radius 3 is 3.05 bits per heavy atom. The number of aryl methyl sites for hydroxylation is 1. The van der Waals surface area contributed by atoms with Crippen LogP contribution in [0.4, 0.5) is 0 Å². The minimum atomic E-state index is -0.156. The fourth-order valence-electron chi connectivity index (χ4n) is 2.15. The zero-order chi connectivity index (χ0) is 14.5. The summed E-state index contributed by atoms with van der Waals surface area (Å²) < 4.78 is 3.78. The number of nitrogens with zero attached hydrogens (tertiary/aromatic N) is 5. The lowest BCUT2D eigenvalue weighted by Crippen LogP contribution is -2.43. The van der Waals surface area contributed by atoms with Gasteiger partial charge in [-0.05, 0) is 12.8 Å². The van der Waals surface area contributed by atoms with Crippen LogP contribution in [-0.2, 0) is 6.54 Å². The Balaban J connectivity index is 1.36. The number of nitrogens with one attached hydrogen (secondary N) is 2. The molecule has 1 saturated heterocycles. The molecule has 21 heavy (non-hydrogen) atoms. The van der Waals surface area contributed by atoms with Gasteiger partial charge in [0, 0.05) is 38.6 Å². The van der Waals surface area contributed by atoms with E-state index in [2.05, 4.69) is 25.9 Å². The van der Waals surface area contributed by atoms with Gasteiger partial charge in [0.25, 0.3) is 5.91 Å². The zero-order valence-corrected chi connectivity index (χ0v) is 11.8. The second-order valence-corrected chi connectivity index (χ2v) is 5.16. The first-order valence-electron chi connectivity index (χ1n) is 7.19. The lowest BCUT2D eigenvalue weighted by atomic mass is 10.2. The number of carbonyl (C=O) groups excluding carboxylic acids is 1. The van der Waals surface area contributed by atoms with Crippen LogP contribution < -0.4 is 10.6 Å². The summed E-state index contributed by atoms with van der Waals surface area (Å²) in [7, 11) is 0. The van der Waals surface area contributed by atoms with E-state index in [9.17, 15) is 4.79 Å². The fraction of sp³-hybridized carbons (Fsp3) is 0.538.